The van der Waals surface area contributed by atoms with E-state index in [4.69, 9.17) is 4.74 Å². The van der Waals surface area contributed by atoms with Crippen LogP contribution in [0, 0.1) is 11.8 Å². The molecule has 0 heterocycles. The standard InChI is InChI=1S/C17H36N2O2/c1-13(2)14(3)12-18-10-11-19(16(4,5)6)15(20)21-17(7,8)9/h13-14,18H,10-12H2,1-9H3. The Morgan fingerprint density at radius 2 is 1.62 bits per heavy atom. The third-order valence-corrected chi connectivity index (χ3v) is 3.54. The van der Waals surface area contributed by atoms with Crippen LogP contribution in [0.5, 0.6) is 0 Å². The van der Waals surface area contributed by atoms with E-state index in [9.17, 15) is 4.79 Å². The first-order valence-corrected chi connectivity index (χ1v) is 8.06. The number of amides is 1. The minimum absolute atomic E-state index is 0.242. The Morgan fingerprint density at radius 1 is 1.10 bits per heavy atom. The summed E-state index contributed by atoms with van der Waals surface area (Å²) in [6.07, 6.45) is -0.242. The molecule has 0 aliphatic heterocycles. The predicted molar refractivity (Wildman–Crippen MR) is 89.6 cm³/mol. The number of carbonyl (C=O) groups excluding carboxylic acids is 1. The summed E-state index contributed by atoms with van der Waals surface area (Å²) in [5.74, 6) is 1.30. The first-order valence-electron chi connectivity index (χ1n) is 8.06. The number of hydrogen-bond donors (Lipinski definition) is 1. The quantitative estimate of drug-likeness (QED) is 0.756. The summed E-state index contributed by atoms with van der Waals surface area (Å²) in [5.41, 5.74) is -0.701. The van der Waals surface area contributed by atoms with Crippen LogP contribution in [0.15, 0.2) is 0 Å². The van der Waals surface area contributed by atoms with Gasteiger partial charge in [0.15, 0.2) is 0 Å². The minimum Gasteiger partial charge on any atom is -0.444 e. The van der Waals surface area contributed by atoms with Gasteiger partial charge in [-0.2, -0.15) is 0 Å². The highest BCUT2D eigenvalue weighted by Crippen LogP contribution is 2.18. The highest BCUT2D eigenvalue weighted by atomic mass is 16.6. The fourth-order valence-electron chi connectivity index (χ4n) is 1.77. The second-order valence-electron chi connectivity index (χ2n) is 8.23. The van der Waals surface area contributed by atoms with Crippen molar-refractivity contribution in [3.05, 3.63) is 0 Å². The van der Waals surface area contributed by atoms with Crippen molar-refractivity contribution in [2.24, 2.45) is 11.8 Å². The molecule has 126 valence electrons. The maximum atomic E-state index is 12.3. The second-order valence-corrected chi connectivity index (χ2v) is 8.23. The molecule has 0 spiro atoms. The fourth-order valence-corrected chi connectivity index (χ4v) is 1.77. The number of hydrogen-bond acceptors (Lipinski definition) is 3. The summed E-state index contributed by atoms with van der Waals surface area (Å²) in [6, 6.07) is 0. The van der Waals surface area contributed by atoms with Gasteiger partial charge in [0.05, 0.1) is 0 Å². The monoisotopic (exact) mass is 300 g/mol. The van der Waals surface area contributed by atoms with E-state index < -0.39 is 5.60 Å². The zero-order valence-corrected chi connectivity index (χ0v) is 15.5. The van der Waals surface area contributed by atoms with Crippen molar-refractivity contribution in [1.29, 1.82) is 0 Å². The van der Waals surface area contributed by atoms with Crippen molar-refractivity contribution in [1.82, 2.24) is 10.2 Å². The van der Waals surface area contributed by atoms with Crippen LogP contribution in [-0.2, 0) is 4.74 Å². The Bertz CT molecular complexity index is 314. The Labute approximate surface area is 131 Å². The molecule has 0 aromatic heterocycles. The van der Waals surface area contributed by atoms with Crippen LogP contribution in [0.2, 0.25) is 0 Å². The highest BCUT2D eigenvalue weighted by molar-refractivity contribution is 5.69. The maximum Gasteiger partial charge on any atom is 0.410 e. The lowest BCUT2D eigenvalue weighted by atomic mass is 9.98. The summed E-state index contributed by atoms with van der Waals surface area (Å²) in [4.78, 5) is 14.1. The molecule has 0 saturated carbocycles. The van der Waals surface area contributed by atoms with Crippen molar-refractivity contribution in [3.8, 4) is 0 Å². The van der Waals surface area contributed by atoms with Gasteiger partial charge in [-0.15, -0.1) is 0 Å². The Hall–Kier alpha value is -0.770. The van der Waals surface area contributed by atoms with E-state index in [-0.39, 0.29) is 11.6 Å². The normalized spacial score (nSPS) is 14.2. The van der Waals surface area contributed by atoms with Gasteiger partial charge in [0.1, 0.15) is 5.60 Å². The third kappa shape index (κ3) is 8.97. The van der Waals surface area contributed by atoms with Crippen molar-refractivity contribution in [2.75, 3.05) is 19.6 Å². The van der Waals surface area contributed by atoms with Crippen LogP contribution >= 0.6 is 0 Å². The van der Waals surface area contributed by atoms with Gasteiger partial charge in [0, 0.05) is 18.6 Å². The number of ether oxygens (including phenoxy) is 1. The molecule has 21 heavy (non-hydrogen) atoms. The first kappa shape index (κ1) is 20.2. The van der Waals surface area contributed by atoms with Gasteiger partial charge in [0.2, 0.25) is 0 Å². The molecule has 0 fully saturated rings. The van der Waals surface area contributed by atoms with Crippen molar-refractivity contribution in [2.45, 2.75) is 73.5 Å². The lowest BCUT2D eigenvalue weighted by Crippen LogP contribution is -2.50. The number of nitrogens with one attached hydrogen (secondary N) is 1. The average Bonchev–Trinajstić information content (AvgIpc) is 2.23. The zero-order valence-electron chi connectivity index (χ0n) is 15.5. The van der Waals surface area contributed by atoms with E-state index in [0.717, 1.165) is 13.1 Å². The van der Waals surface area contributed by atoms with Crippen LogP contribution < -0.4 is 5.32 Å². The molecule has 0 saturated heterocycles. The molecule has 0 rings (SSSR count). The molecule has 1 atom stereocenters. The maximum absolute atomic E-state index is 12.3. The summed E-state index contributed by atoms with van der Waals surface area (Å²) in [6.45, 7) is 20.9. The van der Waals surface area contributed by atoms with E-state index in [2.05, 4.69) is 26.1 Å². The SMILES string of the molecule is CC(C)C(C)CNCCN(C(=O)OC(C)(C)C)C(C)(C)C. The van der Waals surface area contributed by atoms with Crippen LogP contribution in [0.25, 0.3) is 0 Å². The fraction of sp³-hybridized carbons (Fsp3) is 0.941. The van der Waals surface area contributed by atoms with Gasteiger partial charge in [-0.25, -0.2) is 4.79 Å². The molecule has 1 N–H and O–H groups in total. The van der Waals surface area contributed by atoms with E-state index in [1.165, 1.54) is 0 Å². The van der Waals surface area contributed by atoms with Crippen LogP contribution in [0.4, 0.5) is 4.79 Å². The first-order chi connectivity index (χ1) is 9.34. The van der Waals surface area contributed by atoms with Gasteiger partial charge in [0.25, 0.3) is 0 Å². The summed E-state index contributed by atoms with van der Waals surface area (Å²) < 4.78 is 5.50. The Balaban J connectivity index is 4.43. The largest absolute Gasteiger partial charge is 0.444 e. The van der Waals surface area contributed by atoms with E-state index in [0.29, 0.717) is 18.4 Å². The minimum atomic E-state index is -0.458. The molecule has 0 bridgehead atoms. The molecular weight excluding hydrogens is 264 g/mol. The lowest BCUT2D eigenvalue weighted by molar-refractivity contribution is 0.00659. The number of rotatable bonds is 6. The summed E-state index contributed by atoms with van der Waals surface area (Å²) in [7, 11) is 0. The average molecular weight is 300 g/mol. The summed E-state index contributed by atoms with van der Waals surface area (Å²) in [5, 5.41) is 3.44. The molecule has 0 aliphatic carbocycles. The topological polar surface area (TPSA) is 41.6 Å². The molecule has 0 aromatic carbocycles. The molecule has 4 heteroatoms. The lowest BCUT2D eigenvalue weighted by Gasteiger charge is -2.37. The van der Waals surface area contributed by atoms with Gasteiger partial charge in [-0.05, 0) is 59.9 Å². The van der Waals surface area contributed by atoms with Crippen LogP contribution in [0.1, 0.15) is 62.3 Å². The molecule has 0 radical (unpaired) electrons. The summed E-state index contributed by atoms with van der Waals surface area (Å²) >= 11 is 0. The van der Waals surface area contributed by atoms with Gasteiger partial charge < -0.3 is 15.0 Å². The molecule has 0 aliphatic rings. The van der Waals surface area contributed by atoms with E-state index in [1.807, 2.05) is 41.5 Å². The van der Waals surface area contributed by atoms with Crippen LogP contribution in [-0.4, -0.2) is 41.8 Å². The molecule has 0 aromatic rings. The van der Waals surface area contributed by atoms with Gasteiger partial charge >= 0.3 is 6.09 Å². The van der Waals surface area contributed by atoms with E-state index in [1.54, 1.807) is 4.90 Å². The molecular formula is C17H36N2O2. The number of carbonyl (C=O) groups is 1. The molecule has 4 nitrogen and oxygen atoms in total. The Kier molecular flexibility index (Phi) is 7.73. The molecule has 1 amide bonds. The predicted octanol–water partition coefficient (Wildman–Crippen LogP) is 3.90. The van der Waals surface area contributed by atoms with E-state index >= 15 is 0 Å². The smallest absolute Gasteiger partial charge is 0.410 e. The number of nitrogens with zero attached hydrogens (tertiary/aromatic N) is 1. The van der Waals surface area contributed by atoms with Crippen LogP contribution in [0.3, 0.4) is 0 Å². The Morgan fingerprint density at radius 3 is 2.00 bits per heavy atom. The van der Waals surface area contributed by atoms with Crippen molar-refractivity contribution >= 4 is 6.09 Å². The second kappa shape index (κ2) is 8.02. The highest BCUT2D eigenvalue weighted by Gasteiger charge is 2.30. The van der Waals surface area contributed by atoms with Gasteiger partial charge in [-0.1, -0.05) is 20.8 Å². The van der Waals surface area contributed by atoms with Gasteiger partial charge in [-0.3, -0.25) is 0 Å². The van der Waals surface area contributed by atoms with Crippen molar-refractivity contribution < 1.29 is 9.53 Å². The zero-order chi connectivity index (χ0) is 16.8. The third-order valence-electron chi connectivity index (χ3n) is 3.54. The van der Waals surface area contributed by atoms with Crippen molar-refractivity contribution in [3.63, 3.8) is 0 Å². The molecule has 1 unspecified atom stereocenters.